The van der Waals surface area contributed by atoms with E-state index < -0.39 is 0 Å². The minimum Gasteiger partial charge on any atom is -0.330 e. The van der Waals surface area contributed by atoms with E-state index in [9.17, 15) is 4.79 Å². The van der Waals surface area contributed by atoms with Gasteiger partial charge in [-0.25, -0.2) is 0 Å². The summed E-state index contributed by atoms with van der Waals surface area (Å²) in [6.07, 6.45) is 11.6. The fourth-order valence-corrected chi connectivity index (χ4v) is 1.76. The normalized spacial score (nSPS) is 15.5. The maximum absolute atomic E-state index is 10.9. The van der Waals surface area contributed by atoms with Crippen molar-refractivity contribution >= 4 is 5.91 Å². The topological polar surface area (TPSA) is 29.1 Å². The summed E-state index contributed by atoms with van der Waals surface area (Å²) in [5, 5.41) is 2.88. The average molecular weight is 195 g/mol. The van der Waals surface area contributed by atoms with Crippen molar-refractivity contribution in [3.8, 4) is 0 Å². The van der Waals surface area contributed by atoms with E-state index in [1.165, 1.54) is 38.5 Å². The quantitative estimate of drug-likeness (QED) is 0.621. The van der Waals surface area contributed by atoms with Gasteiger partial charge in [-0.05, 0) is 12.8 Å². The molecule has 1 N–H and O–H groups in total. The van der Waals surface area contributed by atoms with Crippen molar-refractivity contribution in [1.29, 1.82) is 0 Å². The molecule has 1 rings (SSSR count). The molecule has 0 atom stereocenters. The van der Waals surface area contributed by atoms with Crippen molar-refractivity contribution in [2.45, 2.75) is 58.3 Å². The van der Waals surface area contributed by atoms with Gasteiger partial charge in [0.1, 0.15) is 0 Å². The Morgan fingerprint density at radius 3 is 2.57 bits per heavy atom. The third-order valence-corrected chi connectivity index (χ3v) is 2.63. The molecule has 0 bridgehead atoms. The zero-order chi connectivity index (χ0) is 10.2. The number of hydrogen-bond acceptors (Lipinski definition) is 1. The Hall–Kier alpha value is -0.790. The largest absolute Gasteiger partial charge is 0.330 e. The molecular weight excluding hydrogens is 174 g/mol. The highest BCUT2D eigenvalue weighted by Gasteiger charge is 2.09. The summed E-state index contributed by atoms with van der Waals surface area (Å²) >= 11 is 0. The van der Waals surface area contributed by atoms with Crippen molar-refractivity contribution in [3.63, 3.8) is 0 Å². The molecule has 0 aliphatic carbocycles. The molecular formula is C12H21NO. The van der Waals surface area contributed by atoms with Crippen LogP contribution in [0.15, 0.2) is 11.8 Å². The van der Waals surface area contributed by atoms with Crippen LogP contribution < -0.4 is 5.32 Å². The van der Waals surface area contributed by atoms with Crippen molar-refractivity contribution in [1.82, 2.24) is 5.32 Å². The molecule has 0 spiro atoms. The van der Waals surface area contributed by atoms with Crippen LogP contribution in [-0.4, -0.2) is 5.91 Å². The minimum atomic E-state index is 0.158. The second-order valence-corrected chi connectivity index (χ2v) is 4.00. The Morgan fingerprint density at radius 1 is 1.21 bits per heavy atom. The summed E-state index contributed by atoms with van der Waals surface area (Å²) < 4.78 is 0. The maximum Gasteiger partial charge on any atom is 0.227 e. The highest BCUT2D eigenvalue weighted by Crippen LogP contribution is 2.13. The molecule has 1 heterocycles. The lowest BCUT2D eigenvalue weighted by atomic mass is 10.1. The molecule has 14 heavy (non-hydrogen) atoms. The average Bonchev–Trinajstić information content (AvgIpc) is 2.58. The van der Waals surface area contributed by atoms with Gasteiger partial charge in [0.15, 0.2) is 0 Å². The van der Waals surface area contributed by atoms with Crippen LogP contribution in [0.4, 0.5) is 0 Å². The number of hydrogen-bond donors (Lipinski definition) is 1. The number of nitrogens with one attached hydrogen (secondary N) is 1. The molecule has 0 aromatic rings. The Kier molecular flexibility index (Phi) is 5.35. The molecule has 80 valence electrons. The first-order valence-electron chi connectivity index (χ1n) is 5.82. The summed E-state index contributed by atoms with van der Waals surface area (Å²) in [6, 6.07) is 0. The van der Waals surface area contributed by atoms with Crippen LogP contribution in [0.25, 0.3) is 0 Å². The van der Waals surface area contributed by atoms with E-state index in [1.807, 2.05) is 6.08 Å². The van der Waals surface area contributed by atoms with E-state index in [0.717, 1.165) is 12.1 Å². The van der Waals surface area contributed by atoms with Gasteiger partial charge < -0.3 is 5.32 Å². The van der Waals surface area contributed by atoms with Crippen molar-refractivity contribution in [2.75, 3.05) is 0 Å². The fraction of sp³-hybridized carbons (Fsp3) is 0.750. The van der Waals surface area contributed by atoms with Gasteiger partial charge in [-0.15, -0.1) is 0 Å². The number of carbonyl (C=O) groups excluding carboxylic acids is 1. The molecule has 0 saturated carbocycles. The van der Waals surface area contributed by atoms with Crippen molar-refractivity contribution in [3.05, 3.63) is 11.8 Å². The first-order chi connectivity index (χ1) is 6.83. The Labute approximate surface area is 86.8 Å². The standard InChI is InChI=1S/C12H21NO/c1-2-3-4-5-6-7-8-11-9-10-12(14)13-11/h9H,2-8,10H2,1H3,(H,13,14). The van der Waals surface area contributed by atoms with Gasteiger partial charge in [0, 0.05) is 12.1 Å². The summed E-state index contributed by atoms with van der Waals surface area (Å²) in [7, 11) is 0. The first-order valence-corrected chi connectivity index (χ1v) is 5.82. The highest BCUT2D eigenvalue weighted by molar-refractivity contribution is 5.82. The summed E-state index contributed by atoms with van der Waals surface area (Å²) in [5.41, 5.74) is 1.14. The lowest BCUT2D eigenvalue weighted by Crippen LogP contribution is -2.14. The number of unbranched alkanes of at least 4 members (excludes halogenated alkanes) is 5. The van der Waals surface area contributed by atoms with Crippen molar-refractivity contribution < 1.29 is 4.79 Å². The van der Waals surface area contributed by atoms with Gasteiger partial charge in [-0.1, -0.05) is 45.1 Å². The van der Waals surface area contributed by atoms with Gasteiger partial charge in [0.2, 0.25) is 5.91 Å². The summed E-state index contributed by atoms with van der Waals surface area (Å²) in [4.78, 5) is 10.9. The molecule has 0 aromatic carbocycles. The number of amides is 1. The minimum absolute atomic E-state index is 0.158. The van der Waals surface area contributed by atoms with Crippen LogP contribution in [0.2, 0.25) is 0 Å². The van der Waals surface area contributed by atoms with Crippen LogP contribution in [0.3, 0.4) is 0 Å². The lowest BCUT2D eigenvalue weighted by molar-refractivity contribution is -0.118. The highest BCUT2D eigenvalue weighted by atomic mass is 16.1. The maximum atomic E-state index is 10.9. The molecule has 0 saturated heterocycles. The molecule has 0 radical (unpaired) electrons. The third kappa shape index (κ3) is 4.45. The number of rotatable bonds is 7. The first kappa shape index (κ1) is 11.3. The van der Waals surface area contributed by atoms with Crippen molar-refractivity contribution in [2.24, 2.45) is 0 Å². The molecule has 2 nitrogen and oxygen atoms in total. The summed E-state index contributed by atoms with van der Waals surface area (Å²) in [5.74, 6) is 0.158. The molecule has 2 heteroatoms. The second kappa shape index (κ2) is 6.63. The fourth-order valence-electron chi connectivity index (χ4n) is 1.76. The molecule has 0 aromatic heterocycles. The van der Waals surface area contributed by atoms with E-state index >= 15 is 0 Å². The van der Waals surface area contributed by atoms with Crippen LogP contribution in [0.5, 0.6) is 0 Å². The van der Waals surface area contributed by atoms with E-state index in [2.05, 4.69) is 12.2 Å². The molecule has 1 amide bonds. The van der Waals surface area contributed by atoms with E-state index in [1.54, 1.807) is 0 Å². The van der Waals surface area contributed by atoms with Crippen LogP contribution in [-0.2, 0) is 4.79 Å². The molecule has 1 aliphatic rings. The number of carbonyl (C=O) groups is 1. The smallest absolute Gasteiger partial charge is 0.227 e. The van der Waals surface area contributed by atoms with Gasteiger partial charge in [0.05, 0.1) is 0 Å². The SMILES string of the molecule is CCCCCCCCC1=CCC(=O)N1. The lowest BCUT2D eigenvalue weighted by Gasteiger charge is -2.02. The van der Waals surface area contributed by atoms with Crippen LogP contribution >= 0.6 is 0 Å². The Balaban J connectivity index is 1.91. The zero-order valence-electron chi connectivity index (χ0n) is 9.14. The van der Waals surface area contributed by atoms with E-state index in [4.69, 9.17) is 0 Å². The van der Waals surface area contributed by atoms with E-state index in [-0.39, 0.29) is 5.91 Å². The van der Waals surface area contributed by atoms with Gasteiger partial charge >= 0.3 is 0 Å². The predicted molar refractivity (Wildman–Crippen MR) is 58.8 cm³/mol. The Morgan fingerprint density at radius 2 is 1.93 bits per heavy atom. The predicted octanol–water partition coefficient (Wildman–Crippen LogP) is 3.14. The molecule has 0 fully saturated rings. The number of allylic oxidation sites excluding steroid dienone is 1. The second-order valence-electron chi connectivity index (χ2n) is 4.00. The third-order valence-electron chi connectivity index (χ3n) is 2.63. The van der Waals surface area contributed by atoms with Gasteiger partial charge in [0.25, 0.3) is 0 Å². The van der Waals surface area contributed by atoms with E-state index in [0.29, 0.717) is 6.42 Å². The summed E-state index contributed by atoms with van der Waals surface area (Å²) in [6.45, 7) is 2.23. The van der Waals surface area contributed by atoms with Gasteiger partial charge in [-0.3, -0.25) is 4.79 Å². The Bertz CT molecular complexity index is 208. The zero-order valence-corrected chi connectivity index (χ0v) is 9.14. The monoisotopic (exact) mass is 195 g/mol. The van der Waals surface area contributed by atoms with Crippen LogP contribution in [0, 0.1) is 0 Å². The van der Waals surface area contributed by atoms with Crippen LogP contribution in [0.1, 0.15) is 58.3 Å². The molecule has 1 aliphatic heterocycles. The van der Waals surface area contributed by atoms with Gasteiger partial charge in [-0.2, -0.15) is 0 Å². The molecule has 0 unspecified atom stereocenters.